The Kier molecular flexibility index (Phi) is 10.6. The number of hydrogen-bond donors (Lipinski definition) is 1. The number of nitrogens with two attached hydrogens (primary N) is 1. The van der Waals surface area contributed by atoms with Crippen molar-refractivity contribution >= 4 is 17.8 Å². The van der Waals surface area contributed by atoms with Gasteiger partial charge in [0.2, 0.25) is 5.91 Å². The lowest BCUT2D eigenvalue weighted by atomic mass is 9.92. The van der Waals surface area contributed by atoms with Crippen LogP contribution in [0.4, 0.5) is 0 Å². The molecule has 0 bridgehead atoms. The predicted octanol–water partition coefficient (Wildman–Crippen LogP) is 4.31. The van der Waals surface area contributed by atoms with E-state index in [1.54, 1.807) is 0 Å². The van der Waals surface area contributed by atoms with Crippen molar-refractivity contribution in [3.05, 3.63) is 54.1 Å². The van der Waals surface area contributed by atoms with E-state index >= 15 is 0 Å². The number of ether oxygens (including phenoxy) is 3. The summed E-state index contributed by atoms with van der Waals surface area (Å²) in [5.41, 5.74) is 8.57. The fourth-order valence-electron chi connectivity index (χ4n) is 3.58. The zero-order valence-electron chi connectivity index (χ0n) is 20.4. The average Bonchev–Trinajstić information content (AvgIpc) is 2.77. The van der Waals surface area contributed by atoms with Crippen molar-refractivity contribution in [1.29, 1.82) is 0 Å². The van der Waals surface area contributed by atoms with Gasteiger partial charge in [-0.05, 0) is 47.6 Å². The van der Waals surface area contributed by atoms with Crippen LogP contribution in [-0.2, 0) is 30.3 Å². The molecule has 0 saturated heterocycles. The Morgan fingerprint density at radius 2 is 1.62 bits per heavy atom. The van der Waals surface area contributed by atoms with Crippen molar-refractivity contribution in [2.24, 2.45) is 17.6 Å². The van der Waals surface area contributed by atoms with E-state index in [4.69, 9.17) is 19.9 Å². The summed E-state index contributed by atoms with van der Waals surface area (Å²) in [5.74, 6) is -0.587. The van der Waals surface area contributed by atoms with Crippen molar-refractivity contribution in [3.8, 4) is 16.9 Å². The van der Waals surface area contributed by atoms with Crippen molar-refractivity contribution in [3.63, 3.8) is 0 Å². The van der Waals surface area contributed by atoms with Crippen LogP contribution in [0.1, 0.15) is 46.1 Å². The van der Waals surface area contributed by atoms with Gasteiger partial charge in [0.25, 0.3) is 0 Å². The number of amides is 1. The van der Waals surface area contributed by atoms with E-state index in [-0.39, 0.29) is 18.9 Å². The first-order valence-electron chi connectivity index (χ1n) is 11.5. The largest absolute Gasteiger partial charge is 0.493 e. The smallest absolute Gasteiger partial charge is 0.302 e. The van der Waals surface area contributed by atoms with E-state index in [9.17, 15) is 14.4 Å². The molecular weight excluding hydrogens is 434 g/mol. The van der Waals surface area contributed by atoms with Gasteiger partial charge in [-0.2, -0.15) is 0 Å². The van der Waals surface area contributed by atoms with E-state index < -0.39 is 23.9 Å². The normalized spacial score (nSPS) is 12.6. The van der Waals surface area contributed by atoms with Crippen LogP contribution in [-0.4, -0.2) is 37.2 Å². The molecule has 34 heavy (non-hydrogen) atoms. The van der Waals surface area contributed by atoms with Gasteiger partial charge in [-0.3, -0.25) is 14.4 Å². The molecule has 7 nitrogen and oxygen atoms in total. The maximum Gasteiger partial charge on any atom is 0.302 e. The average molecular weight is 470 g/mol. The van der Waals surface area contributed by atoms with Crippen molar-refractivity contribution in [2.75, 3.05) is 13.2 Å². The van der Waals surface area contributed by atoms with E-state index in [2.05, 4.69) is 19.9 Å². The van der Waals surface area contributed by atoms with Gasteiger partial charge in [0.1, 0.15) is 11.9 Å². The lowest BCUT2D eigenvalue weighted by Crippen LogP contribution is -2.34. The topological polar surface area (TPSA) is 105 Å². The second-order valence-corrected chi connectivity index (χ2v) is 8.85. The summed E-state index contributed by atoms with van der Waals surface area (Å²) >= 11 is 0. The van der Waals surface area contributed by atoms with Crippen LogP contribution in [0.15, 0.2) is 48.5 Å². The Labute approximate surface area is 201 Å². The minimum atomic E-state index is -0.754. The van der Waals surface area contributed by atoms with Crippen LogP contribution in [0, 0.1) is 11.8 Å². The molecular formula is C27H35NO6. The maximum atomic E-state index is 11.6. The molecule has 2 unspecified atom stereocenters. The number of benzene rings is 2. The standard InChI is InChI=1S/C27H35NO6/c1-18(2)16-33-25-12-10-22(11-13-25)23-7-5-6-21(14-23)8-9-24(17-32-19(3)29)26(15-27(28)31)34-20(4)30/h5-7,10-14,18,24,26H,8-9,15-17H2,1-4H3,(H2,28,31). The summed E-state index contributed by atoms with van der Waals surface area (Å²) in [5, 5.41) is 0. The molecule has 184 valence electrons. The summed E-state index contributed by atoms with van der Waals surface area (Å²) in [4.78, 5) is 34.4. The van der Waals surface area contributed by atoms with Crippen LogP contribution in [0.5, 0.6) is 5.75 Å². The van der Waals surface area contributed by atoms with E-state index in [0.29, 0.717) is 25.4 Å². The second-order valence-electron chi connectivity index (χ2n) is 8.85. The third kappa shape index (κ3) is 9.65. The van der Waals surface area contributed by atoms with Gasteiger partial charge in [0.05, 0.1) is 19.6 Å². The number of carbonyl (C=O) groups is 3. The minimum Gasteiger partial charge on any atom is -0.493 e. The first kappa shape index (κ1) is 26.9. The molecule has 0 aliphatic heterocycles. The third-order valence-corrected chi connectivity index (χ3v) is 5.25. The monoisotopic (exact) mass is 469 g/mol. The zero-order valence-corrected chi connectivity index (χ0v) is 20.4. The Bertz CT molecular complexity index is 938. The maximum absolute atomic E-state index is 11.6. The molecule has 2 N–H and O–H groups in total. The number of hydrogen-bond acceptors (Lipinski definition) is 6. The van der Waals surface area contributed by atoms with Gasteiger partial charge in [-0.25, -0.2) is 0 Å². The molecule has 0 aliphatic carbocycles. The minimum absolute atomic E-state index is 0.0398. The number of aryl methyl sites for hydroxylation is 1. The lowest BCUT2D eigenvalue weighted by molar-refractivity contribution is -0.154. The van der Waals surface area contributed by atoms with E-state index in [1.807, 2.05) is 42.5 Å². The molecule has 7 heteroatoms. The summed E-state index contributed by atoms with van der Waals surface area (Å²) in [6.45, 7) is 7.53. The summed E-state index contributed by atoms with van der Waals surface area (Å²) in [6.07, 6.45) is 0.308. The van der Waals surface area contributed by atoms with Crippen LogP contribution in [0.2, 0.25) is 0 Å². The van der Waals surface area contributed by atoms with Crippen LogP contribution in [0.3, 0.4) is 0 Å². The fraction of sp³-hybridized carbons (Fsp3) is 0.444. The highest BCUT2D eigenvalue weighted by atomic mass is 16.6. The van der Waals surface area contributed by atoms with Crippen molar-refractivity contribution < 1.29 is 28.6 Å². The van der Waals surface area contributed by atoms with Crippen molar-refractivity contribution in [1.82, 2.24) is 0 Å². The molecule has 0 aromatic heterocycles. The highest BCUT2D eigenvalue weighted by molar-refractivity contribution is 5.75. The van der Waals surface area contributed by atoms with Crippen LogP contribution < -0.4 is 10.5 Å². The highest BCUT2D eigenvalue weighted by Gasteiger charge is 2.27. The SMILES string of the molecule is CC(=O)OCC(CCc1cccc(-c2ccc(OCC(C)C)cc2)c1)C(CC(N)=O)OC(C)=O. The van der Waals surface area contributed by atoms with Gasteiger partial charge < -0.3 is 19.9 Å². The summed E-state index contributed by atoms with van der Waals surface area (Å²) < 4.78 is 16.3. The highest BCUT2D eigenvalue weighted by Crippen LogP contribution is 2.26. The molecule has 2 atom stereocenters. The number of primary amides is 1. The lowest BCUT2D eigenvalue weighted by Gasteiger charge is -2.25. The Morgan fingerprint density at radius 1 is 0.912 bits per heavy atom. The molecule has 0 spiro atoms. The molecule has 0 saturated carbocycles. The van der Waals surface area contributed by atoms with Gasteiger partial charge in [0.15, 0.2) is 0 Å². The van der Waals surface area contributed by atoms with E-state index in [1.165, 1.54) is 13.8 Å². The molecule has 0 heterocycles. The van der Waals surface area contributed by atoms with Crippen LogP contribution >= 0.6 is 0 Å². The molecule has 2 rings (SSSR count). The number of rotatable bonds is 13. The first-order valence-corrected chi connectivity index (χ1v) is 11.5. The summed E-state index contributed by atoms with van der Waals surface area (Å²) in [7, 11) is 0. The van der Waals surface area contributed by atoms with E-state index in [0.717, 1.165) is 22.4 Å². The Balaban J connectivity index is 2.12. The summed E-state index contributed by atoms with van der Waals surface area (Å²) in [6, 6.07) is 16.1. The third-order valence-electron chi connectivity index (χ3n) is 5.25. The molecule has 0 radical (unpaired) electrons. The van der Waals surface area contributed by atoms with Gasteiger partial charge in [-0.15, -0.1) is 0 Å². The van der Waals surface area contributed by atoms with Gasteiger partial charge >= 0.3 is 11.9 Å². The van der Waals surface area contributed by atoms with Crippen molar-refractivity contribution in [2.45, 2.75) is 53.1 Å². The molecule has 0 aliphatic rings. The molecule has 0 fully saturated rings. The second kappa shape index (κ2) is 13.4. The number of esters is 2. The Morgan fingerprint density at radius 3 is 2.21 bits per heavy atom. The van der Waals surface area contributed by atoms with Crippen LogP contribution in [0.25, 0.3) is 11.1 Å². The fourth-order valence-corrected chi connectivity index (χ4v) is 3.58. The zero-order chi connectivity index (χ0) is 25.1. The number of carbonyl (C=O) groups excluding carboxylic acids is 3. The molecule has 2 aromatic carbocycles. The quantitative estimate of drug-likeness (QED) is 0.438. The van der Waals surface area contributed by atoms with Gasteiger partial charge in [0, 0.05) is 19.8 Å². The first-order chi connectivity index (χ1) is 16.1. The Hall–Kier alpha value is -3.35. The molecule has 2 aromatic rings. The van der Waals surface area contributed by atoms with Gasteiger partial charge in [-0.1, -0.05) is 50.2 Å². The predicted molar refractivity (Wildman–Crippen MR) is 130 cm³/mol. The molecule has 1 amide bonds.